The first kappa shape index (κ1) is 22.4. The summed E-state index contributed by atoms with van der Waals surface area (Å²) in [6.45, 7) is 3.64. The van der Waals surface area contributed by atoms with Crippen LogP contribution in [0.3, 0.4) is 0 Å². The predicted octanol–water partition coefficient (Wildman–Crippen LogP) is 6.42. The van der Waals surface area contributed by atoms with Crippen LogP contribution in [0.5, 0.6) is 0 Å². The zero-order valence-corrected chi connectivity index (χ0v) is 19.9. The van der Waals surface area contributed by atoms with Gasteiger partial charge in [-0.05, 0) is 42.3 Å². The van der Waals surface area contributed by atoms with E-state index in [1.807, 2.05) is 29.6 Å². The van der Waals surface area contributed by atoms with E-state index in [2.05, 4.69) is 27.4 Å². The summed E-state index contributed by atoms with van der Waals surface area (Å²) in [6.07, 6.45) is 0.948. The summed E-state index contributed by atoms with van der Waals surface area (Å²) >= 11 is 4.34. The molecular formula is C22H20FN5OS3. The van der Waals surface area contributed by atoms with Crippen molar-refractivity contribution in [2.24, 2.45) is 0 Å². The Morgan fingerprint density at radius 3 is 2.72 bits per heavy atom. The number of amides is 1. The molecule has 6 nitrogen and oxygen atoms in total. The molecule has 164 valence electrons. The Hall–Kier alpha value is -2.82. The number of carbonyl (C=O) groups is 1. The van der Waals surface area contributed by atoms with Crippen LogP contribution >= 0.6 is 34.4 Å². The lowest BCUT2D eigenvalue weighted by atomic mass is 10.1. The molecule has 1 N–H and O–H groups in total. The second-order valence-corrected chi connectivity index (χ2v) is 9.83. The van der Waals surface area contributed by atoms with E-state index in [1.165, 1.54) is 59.1 Å². The Morgan fingerprint density at radius 2 is 2.00 bits per heavy atom. The number of aryl methyl sites for hydroxylation is 1. The molecule has 0 unspecified atom stereocenters. The number of hydrogen-bond donors (Lipinski definition) is 1. The summed E-state index contributed by atoms with van der Waals surface area (Å²) in [4.78, 5) is 18.6. The molecule has 0 fully saturated rings. The molecule has 0 aliphatic rings. The van der Waals surface area contributed by atoms with Crippen molar-refractivity contribution in [3.63, 3.8) is 0 Å². The monoisotopic (exact) mass is 485 g/mol. The van der Waals surface area contributed by atoms with Crippen molar-refractivity contribution in [1.82, 2.24) is 15.2 Å². The van der Waals surface area contributed by atoms with Gasteiger partial charge in [-0.3, -0.25) is 9.69 Å². The molecule has 0 spiro atoms. The van der Waals surface area contributed by atoms with E-state index >= 15 is 0 Å². The lowest BCUT2D eigenvalue weighted by Gasteiger charge is -2.18. The SMILES string of the molecule is CCc1ccc(N(C(C)=O)c2nc(CSc3nnc(Nc4cccc(F)c4)s3)cs2)cc1. The van der Waals surface area contributed by atoms with E-state index in [1.54, 1.807) is 17.0 Å². The van der Waals surface area contributed by atoms with Gasteiger partial charge in [0.15, 0.2) is 9.47 Å². The Kier molecular flexibility index (Phi) is 7.13. The second kappa shape index (κ2) is 10.2. The van der Waals surface area contributed by atoms with E-state index in [0.29, 0.717) is 21.7 Å². The summed E-state index contributed by atoms with van der Waals surface area (Å²) in [5.74, 6) is 0.209. The first-order valence-corrected chi connectivity index (χ1v) is 12.5. The van der Waals surface area contributed by atoms with Crippen molar-refractivity contribution < 1.29 is 9.18 Å². The molecule has 4 rings (SSSR count). The van der Waals surface area contributed by atoms with Gasteiger partial charge in [-0.25, -0.2) is 9.37 Å². The third-order valence-corrected chi connectivity index (χ3v) is 7.35. The number of benzene rings is 2. The normalized spacial score (nSPS) is 10.8. The lowest BCUT2D eigenvalue weighted by Crippen LogP contribution is -2.22. The molecule has 0 aliphatic carbocycles. The van der Waals surface area contributed by atoms with Gasteiger partial charge in [0.25, 0.3) is 0 Å². The highest BCUT2D eigenvalue weighted by molar-refractivity contribution is 8.00. The van der Waals surface area contributed by atoms with Gasteiger partial charge in [-0.15, -0.1) is 21.5 Å². The maximum Gasteiger partial charge on any atom is 0.230 e. The summed E-state index contributed by atoms with van der Waals surface area (Å²) in [7, 11) is 0. The number of thiazole rings is 1. The molecule has 2 heterocycles. The Morgan fingerprint density at radius 1 is 1.19 bits per heavy atom. The Bertz CT molecular complexity index is 1210. The fourth-order valence-corrected chi connectivity index (χ4v) is 5.57. The molecule has 0 atom stereocenters. The van der Waals surface area contributed by atoms with Gasteiger partial charge in [-0.1, -0.05) is 48.2 Å². The summed E-state index contributed by atoms with van der Waals surface area (Å²) in [5, 5.41) is 14.5. The summed E-state index contributed by atoms with van der Waals surface area (Å²) in [5.41, 5.74) is 3.51. The van der Waals surface area contributed by atoms with Gasteiger partial charge in [0.05, 0.1) is 11.4 Å². The summed E-state index contributed by atoms with van der Waals surface area (Å²) < 4.78 is 14.1. The molecule has 0 radical (unpaired) electrons. The molecule has 0 saturated heterocycles. The smallest absolute Gasteiger partial charge is 0.230 e. The van der Waals surface area contributed by atoms with Gasteiger partial charge in [0.1, 0.15) is 5.82 Å². The average molecular weight is 486 g/mol. The van der Waals surface area contributed by atoms with Crippen LogP contribution in [0.4, 0.5) is 26.0 Å². The number of hydrogen-bond acceptors (Lipinski definition) is 8. The fraction of sp³-hybridized carbons (Fsp3) is 0.182. The number of anilines is 4. The van der Waals surface area contributed by atoms with Gasteiger partial charge in [-0.2, -0.15) is 0 Å². The molecular weight excluding hydrogens is 465 g/mol. The van der Waals surface area contributed by atoms with Gasteiger partial charge >= 0.3 is 0 Å². The minimum atomic E-state index is -0.311. The third kappa shape index (κ3) is 5.50. The number of thioether (sulfide) groups is 1. The number of rotatable bonds is 8. The van der Waals surface area contributed by atoms with Crippen LogP contribution in [-0.2, 0) is 17.0 Å². The molecule has 0 bridgehead atoms. The molecule has 1 amide bonds. The topological polar surface area (TPSA) is 71.0 Å². The first-order chi connectivity index (χ1) is 15.5. The minimum Gasteiger partial charge on any atom is -0.330 e. The molecule has 10 heteroatoms. The van der Waals surface area contributed by atoms with Crippen LogP contribution in [0.25, 0.3) is 0 Å². The van der Waals surface area contributed by atoms with Gasteiger partial charge in [0.2, 0.25) is 11.0 Å². The van der Waals surface area contributed by atoms with Crippen LogP contribution in [0, 0.1) is 5.82 Å². The van der Waals surface area contributed by atoms with Gasteiger partial charge in [0, 0.05) is 23.7 Å². The van der Waals surface area contributed by atoms with E-state index in [0.717, 1.165) is 22.1 Å². The largest absolute Gasteiger partial charge is 0.330 e. The van der Waals surface area contributed by atoms with Crippen LogP contribution in [0.1, 0.15) is 25.1 Å². The van der Waals surface area contributed by atoms with Crippen LogP contribution in [-0.4, -0.2) is 21.1 Å². The van der Waals surface area contributed by atoms with E-state index in [4.69, 9.17) is 0 Å². The van der Waals surface area contributed by atoms with Crippen molar-refractivity contribution in [1.29, 1.82) is 0 Å². The van der Waals surface area contributed by atoms with E-state index in [-0.39, 0.29) is 11.7 Å². The third-order valence-electron chi connectivity index (χ3n) is 4.47. The van der Waals surface area contributed by atoms with Crippen LogP contribution in [0.15, 0.2) is 58.3 Å². The Labute approximate surface area is 197 Å². The average Bonchev–Trinajstić information content (AvgIpc) is 3.42. The molecule has 2 aromatic carbocycles. The quantitative estimate of drug-likeness (QED) is 0.291. The van der Waals surface area contributed by atoms with E-state index < -0.39 is 0 Å². The summed E-state index contributed by atoms with van der Waals surface area (Å²) in [6, 6.07) is 14.2. The van der Waals surface area contributed by atoms with Crippen molar-refractivity contribution in [3.8, 4) is 0 Å². The molecule has 4 aromatic rings. The van der Waals surface area contributed by atoms with E-state index in [9.17, 15) is 9.18 Å². The number of nitrogens with zero attached hydrogens (tertiary/aromatic N) is 4. The first-order valence-electron chi connectivity index (χ1n) is 9.84. The number of halogens is 1. The Balaban J connectivity index is 1.40. The highest BCUT2D eigenvalue weighted by Gasteiger charge is 2.18. The number of aromatic nitrogens is 3. The van der Waals surface area contributed by atoms with Gasteiger partial charge < -0.3 is 5.32 Å². The van der Waals surface area contributed by atoms with Crippen molar-refractivity contribution in [2.75, 3.05) is 10.2 Å². The maximum absolute atomic E-state index is 13.3. The number of nitrogens with one attached hydrogen (secondary N) is 1. The second-order valence-electron chi connectivity index (χ2n) is 6.79. The lowest BCUT2D eigenvalue weighted by molar-refractivity contribution is -0.115. The molecule has 0 saturated carbocycles. The van der Waals surface area contributed by atoms with Crippen molar-refractivity contribution in [2.45, 2.75) is 30.4 Å². The molecule has 2 aromatic heterocycles. The van der Waals surface area contributed by atoms with Crippen molar-refractivity contribution >= 4 is 62.0 Å². The minimum absolute atomic E-state index is 0.0833. The molecule has 32 heavy (non-hydrogen) atoms. The standard InChI is InChI=1S/C22H20FN5OS3/c1-3-15-7-9-19(10-8-15)28(14(2)29)21-25-18(12-30-21)13-31-22-27-26-20(32-22)24-17-6-4-5-16(23)11-17/h4-12H,3,13H2,1-2H3,(H,24,26). The number of carbonyl (C=O) groups excluding carboxylic acids is 1. The van der Waals surface area contributed by atoms with Crippen LogP contribution in [0.2, 0.25) is 0 Å². The van der Waals surface area contributed by atoms with Crippen molar-refractivity contribution in [3.05, 3.63) is 71.0 Å². The fourth-order valence-electron chi connectivity index (χ4n) is 2.92. The van der Waals surface area contributed by atoms with Crippen LogP contribution < -0.4 is 10.2 Å². The zero-order chi connectivity index (χ0) is 22.5. The molecule has 0 aliphatic heterocycles. The highest BCUT2D eigenvalue weighted by atomic mass is 32.2. The predicted molar refractivity (Wildman–Crippen MR) is 130 cm³/mol. The zero-order valence-electron chi connectivity index (χ0n) is 17.4. The maximum atomic E-state index is 13.3. The highest BCUT2D eigenvalue weighted by Crippen LogP contribution is 2.33.